The fraction of sp³-hybridized carbons (Fsp3) is 0.409. The van der Waals surface area contributed by atoms with Crippen LogP contribution in [0.3, 0.4) is 0 Å². The monoisotopic (exact) mass is 414 g/mol. The summed E-state index contributed by atoms with van der Waals surface area (Å²) in [5.41, 5.74) is 0.821. The highest BCUT2D eigenvalue weighted by molar-refractivity contribution is 5.90. The van der Waals surface area contributed by atoms with Gasteiger partial charge in [-0.2, -0.15) is 0 Å². The minimum Gasteiger partial charge on any atom is -0.363 e. The van der Waals surface area contributed by atoms with E-state index in [0.717, 1.165) is 25.3 Å². The van der Waals surface area contributed by atoms with Crippen molar-refractivity contribution in [1.82, 2.24) is 14.5 Å². The topological polar surface area (TPSA) is 59.8 Å². The second-order valence-electron chi connectivity index (χ2n) is 8.45. The molecule has 2 aliphatic rings. The van der Waals surface area contributed by atoms with Crippen LogP contribution in [0.2, 0.25) is 0 Å². The third-order valence-electron chi connectivity index (χ3n) is 6.55. The summed E-state index contributed by atoms with van der Waals surface area (Å²) in [7, 11) is 0. The van der Waals surface area contributed by atoms with E-state index in [2.05, 4.69) is 15.3 Å². The first-order valence-electron chi connectivity index (χ1n) is 10.0. The lowest BCUT2D eigenvalue weighted by Crippen LogP contribution is -2.23. The Morgan fingerprint density at radius 1 is 1.23 bits per heavy atom. The second-order valence-corrected chi connectivity index (χ2v) is 8.45. The third kappa shape index (κ3) is 2.88. The molecule has 0 saturated heterocycles. The maximum Gasteiger partial charge on any atom is 0.266 e. The largest absolute Gasteiger partial charge is 0.363 e. The summed E-state index contributed by atoms with van der Waals surface area (Å²) in [5, 5.41) is 3.79. The number of aromatic nitrogens is 3. The van der Waals surface area contributed by atoms with E-state index in [1.165, 1.54) is 18.5 Å². The molecule has 1 N–H and O–H groups in total. The maximum absolute atomic E-state index is 14.6. The maximum atomic E-state index is 14.6. The van der Waals surface area contributed by atoms with Gasteiger partial charge in [-0.15, -0.1) is 0 Å². The van der Waals surface area contributed by atoms with Crippen LogP contribution in [0.1, 0.15) is 61.4 Å². The van der Waals surface area contributed by atoms with Gasteiger partial charge in [0, 0.05) is 23.4 Å². The van der Waals surface area contributed by atoms with Gasteiger partial charge in [-0.1, -0.05) is 18.2 Å². The number of benzene rings is 1. The Morgan fingerprint density at radius 3 is 2.63 bits per heavy atom. The predicted molar refractivity (Wildman–Crippen MR) is 107 cm³/mol. The first-order chi connectivity index (χ1) is 14.3. The number of aryl methyl sites for hydroxylation is 1. The normalized spacial score (nSPS) is 20.0. The highest BCUT2D eigenvalue weighted by Crippen LogP contribution is 2.72. The number of nitrogens with zero attached hydrogens (tertiary/aromatic N) is 3. The smallest absolute Gasteiger partial charge is 0.266 e. The van der Waals surface area contributed by atoms with Gasteiger partial charge in [-0.25, -0.2) is 23.1 Å². The molecule has 2 aliphatic carbocycles. The number of alkyl halides is 2. The van der Waals surface area contributed by atoms with Gasteiger partial charge >= 0.3 is 0 Å². The van der Waals surface area contributed by atoms with Gasteiger partial charge in [-0.05, 0) is 38.5 Å². The van der Waals surface area contributed by atoms with E-state index in [9.17, 15) is 18.0 Å². The highest BCUT2D eigenvalue weighted by atomic mass is 19.3. The summed E-state index contributed by atoms with van der Waals surface area (Å²) in [6.45, 7) is 3.43. The number of hydrogen-bond donors (Lipinski definition) is 1. The molecule has 2 heterocycles. The van der Waals surface area contributed by atoms with Crippen molar-refractivity contribution in [1.29, 1.82) is 0 Å². The van der Waals surface area contributed by atoms with Crippen LogP contribution in [0.25, 0.3) is 10.9 Å². The molecule has 0 radical (unpaired) electrons. The fourth-order valence-electron chi connectivity index (χ4n) is 4.43. The summed E-state index contributed by atoms with van der Waals surface area (Å²) in [6.07, 6.45) is 3.55. The van der Waals surface area contributed by atoms with Crippen LogP contribution in [0, 0.1) is 18.2 Å². The Kier molecular flexibility index (Phi) is 4.17. The molecular weight excluding hydrogens is 393 g/mol. The first-order valence-corrected chi connectivity index (χ1v) is 10.0. The van der Waals surface area contributed by atoms with E-state index >= 15 is 0 Å². The number of anilines is 1. The number of halogens is 3. The van der Waals surface area contributed by atoms with E-state index in [1.807, 2.05) is 0 Å². The van der Waals surface area contributed by atoms with Gasteiger partial charge in [0.25, 0.3) is 12.0 Å². The van der Waals surface area contributed by atoms with E-state index < -0.39 is 23.8 Å². The Labute approximate surface area is 171 Å². The molecule has 5 nitrogen and oxygen atoms in total. The fourth-order valence-corrected chi connectivity index (χ4v) is 4.43. The SMILES string of the molecule is Cc1c(=O)n(C2CC23CC3)cc2c(N[C@@H](C)c3cccc(C(F)F)c3F)ncnc12. The van der Waals surface area contributed by atoms with Crippen molar-refractivity contribution in [3.8, 4) is 0 Å². The van der Waals surface area contributed by atoms with Gasteiger partial charge in [-0.3, -0.25) is 4.79 Å². The van der Waals surface area contributed by atoms with Crippen molar-refractivity contribution >= 4 is 16.7 Å². The van der Waals surface area contributed by atoms with E-state index in [4.69, 9.17) is 0 Å². The zero-order valence-electron chi connectivity index (χ0n) is 16.6. The van der Waals surface area contributed by atoms with Gasteiger partial charge in [0.15, 0.2) is 0 Å². The zero-order chi connectivity index (χ0) is 21.2. The Hall–Kier alpha value is -2.90. The molecule has 30 heavy (non-hydrogen) atoms. The first kappa shape index (κ1) is 19.1. The van der Waals surface area contributed by atoms with Crippen molar-refractivity contribution in [2.75, 3.05) is 5.32 Å². The van der Waals surface area contributed by atoms with Crippen molar-refractivity contribution in [2.45, 2.75) is 51.6 Å². The van der Waals surface area contributed by atoms with Crippen LogP contribution in [0.15, 0.2) is 35.5 Å². The molecule has 1 aromatic carbocycles. The number of rotatable bonds is 5. The molecule has 8 heteroatoms. The highest BCUT2D eigenvalue weighted by Gasteiger charge is 2.64. The number of fused-ring (bicyclic) bond motifs is 1. The van der Waals surface area contributed by atoms with Crippen molar-refractivity contribution in [2.24, 2.45) is 5.41 Å². The second kappa shape index (κ2) is 6.55. The lowest BCUT2D eigenvalue weighted by atomic mass is 10.0. The zero-order valence-corrected chi connectivity index (χ0v) is 16.6. The van der Waals surface area contributed by atoms with Gasteiger partial charge < -0.3 is 9.88 Å². The van der Waals surface area contributed by atoms with Gasteiger partial charge in [0.05, 0.1) is 22.5 Å². The van der Waals surface area contributed by atoms with E-state index in [1.54, 1.807) is 24.6 Å². The summed E-state index contributed by atoms with van der Waals surface area (Å²) >= 11 is 0. The van der Waals surface area contributed by atoms with Gasteiger partial charge in [0.1, 0.15) is 18.0 Å². The Balaban J connectivity index is 1.55. The summed E-state index contributed by atoms with van der Waals surface area (Å²) in [4.78, 5) is 21.4. The number of hydrogen-bond acceptors (Lipinski definition) is 4. The molecule has 1 spiro atoms. The molecule has 0 bridgehead atoms. The molecule has 0 aliphatic heterocycles. The van der Waals surface area contributed by atoms with Gasteiger partial charge in [0.2, 0.25) is 0 Å². The van der Waals surface area contributed by atoms with Crippen LogP contribution in [0.5, 0.6) is 0 Å². The summed E-state index contributed by atoms with van der Waals surface area (Å²) in [6, 6.07) is 3.57. The quantitative estimate of drug-likeness (QED) is 0.633. The summed E-state index contributed by atoms with van der Waals surface area (Å²) < 4.78 is 42.5. The molecule has 1 unspecified atom stereocenters. The Bertz CT molecular complexity index is 1220. The van der Waals surface area contributed by atoms with Crippen molar-refractivity contribution in [3.05, 3.63) is 63.6 Å². The lowest BCUT2D eigenvalue weighted by Gasteiger charge is -2.19. The standard InChI is InChI=1S/C22H21F3N4O/c1-11-18-15(9-29(21(11)30)16-8-22(16)6-7-22)20(27-10-26-18)28-12(2)13-4-3-5-14(17(13)23)19(24)25/h3-5,9-10,12,16,19H,6-8H2,1-2H3,(H,26,27,28)/t12-,16?/m0/s1. The van der Waals surface area contributed by atoms with E-state index in [0.29, 0.717) is 27.7 Å². The minimum absolute atomic E-state index is 0.0512. The summed E-state index contributed by atoms with van der Waals surface area (Å²) in [5.74, 6) is -0.482. The molecule has 2 atom stereocenters. The third-order valence-corrected chi connectivity index (χ3v) is 6.55. The number of pyridine rings is 1. The van der Waals surface area contributed by atoms with Crippen LogP contribution in [-0.2, 0) is 0 Å². The Morgan fingerprint density at radius 2 is 1.97 bits per heavy atom. The van der Waals surface area contributed by atoms with Crippen molar-refractivity contribution < 1.29 is 13.2 Å². The van der Waals surface area contributed by atoms with Crippen LogP contribution in [-0.4, -0.2) is 14.5 Å². The van der Waals surface area contributed by atoms with Crippen molar-refractivity contribution in [3.63, 3.8) is 0 Å². The molecule has 0 amide bonds. The molecule has 2 aromatic heterocycles. The number of nitrogens with one attached hydrogen (secondary N) is 1. The molecule has 156 valence electrons. The molecular formula is C22H21F3N4O. The minimum atomic E-state index is -2.89. The lowest BCUT2D eigenvalue weighted by molar-refractivity contribution is 0.146. The predicted octanol–water partition coefficient (Wildman–Crippen LogP) is 5.07. The average molecular weight is 414 g/mol. The molecule has 3 aromatic rings. The van der Waals surface area contributed by atoms with E-state index in [-0.39, 0.29) is 17.2 Å². The molecule has 2 fully saturated rings. The average Bonchev–Trinajstić information content (AvgIpc) is 3.64. The molecule has 5 rings (SSSR count). The van der Waals surface area contributed by atoms with Crippen LogP contribution >= 0.6 is 0 Å². The van der Waals surface area contributed by atoms with Crippen LogP contribution < -0.4 is 10.9 Å². The van der Waals surface area contributed by atoms with Crippen LogP contribution in [0.4, 0.5) is 19.0 Å². The molecule has 2 saturated carbocycles.